The number of thiophene rings is 1. The Balaban J connectivity index is 0.00000112. The molecule has 0 aliphatic carbocycles. The van der Waals surface area contributed by atoms with Gasteiger partial charge >= 0.3 is 0 Å². The van der Waals surface area contributed by atoms with E-state index in [1.807, 2.05) is 11.4 Å². The van der Waals surface area contributed by atoms with Gasteiger partial charge in [-0.05, 0) is 35.4 Å². The van der Waals surface area contributed by atoms with Gasteiger partial charge in [0.05, 0.1) is 5.92 Å². The van der Waals surface area contributed by atoms with E-state index in [4.69, 9.17) is 0 Å². The molecule has 84 valence electrons. The highest BCUT2D eigenvalue weighted by molar-refractivity contribution is 7.07. The molecule has 5 heteroatoms. The van der Waals surface area contributed by atoms with Crippen molar-refractivity contribution in [2.75, 3.05) is 13.1 Å². The lowest BCUT2D eigenvalue weighted by molar-refractivity contribution is -0.124. The van der Waals surface area contributed by atoms with Crippen molar-refractivity contribution < 1.29 is 4.79 Å². The van der Waals surface area contributed by atoms with E-state index < -0.39 is 0 Å². The Morgan fingerprint density at radius 3 is 3.13 bits per heavy atom. The Morgan fingerprint density at radius 1 is 1.67 bits per heavy atom. The van der Waals surface area contributed by atoms with Crippen molar-refractivity contribution in [3.63, 3.8) is 0 Å². The van der Waals surface area contributed by atoms with E-state index in [0.29, 0.717) is 6.54 Å². The first kappa shape index (κ1) is 12.5. The molecule has 1 aliphatic rings. The highest BCUT2D eigenvalue weighted by atomic mass is 35.5. The SMILES string of the molecule is Cl.O=C(NCc1ccsc1)C1CCNC1. The van der Waals surface area contributed by atoms with Gasteiger partial charge in [-0.3, -0.25) is 4.79 Å². The van der Waals surface area contributed by atoms with Crippen LogP contribution in [0.3, 0.4) is 0 Å². The van der Waals surface area contributed by atoms with Crippen LogP contribution in [0.5, 0.6) is 0 Å². The fourth-order valence-electron chi connectivity index (χ4n) is 1.61. The Hall–Kier alpha value is -0.580. The van der Waals surface area contributed by atoms with Gasteiger partial charge < -0.3 is 10.6 Å². The van der Waals surface area contributed by atoms with E-state index in [1.54, 1.807) is 11.3 Å². The Bertz CT molecular complexity index is 296. The minimum absolute atomic E-state index is 0. The molecular weight excluding hydrogens is 232 g/mol. The van der Waals surface area contributed by atoms with E-state index in [2.05, 4.69) is 16.0 Å². The molecule has 1 saturated heterocycles. The standard InChI is InChI=1S/C10H14N2OS.ClH/c13-10(9-1-3-11-6-9)12-5-8-2-4-14-7-8;/h2,4,7,9,11H,1,3,5-6H2,(H,12,13);1H. The number of nitrogens with one attached hydrogen (secondary N) is 2. The van der Waals surface area contributed by atoms with Crippen molar-refractivity contribution in [3.8, 4) is 0 Å². The van der Waals surface area contributed by atoms with Gasteiger partial charge in [-0.1, -0.05) is 0 Å². The first-order valence-electron chi connectivity index (χ1n) is 4.86. The molecule has 0 spiro atoms. The van der Waals surface area contributed by atoms with Crippen molar-refractivity contribution in [2.24, 2.45) is 5.92 Å². The smallest absolute Gasteiger partial charge is 0.224 e. The average Bonchev–Trinajstić information content (AvgIpc) is 2.87. The topological polar surface area (TPSA) is 41.1 Å². The van der Waals surface area contributed by atoms with Gasteiger partial charge in [0.1, 0.15) is 0 Å². The zero-order valence-electron chi connectivity index (χ0n) is 8.36. The summed E-state index contributed by atoms with van der Waals surface area (Å²) < 4.78 is 0. The fraction of sp³-hybridized carbons (Fsp3) is 0.500. The van der Waals surface area contributed by atoms with Gasteiger partial charge in [-0.15, -0.1) is 12.4 Å². The molecule has 1 fully saturated rings. The first-order chi connectivity index (χ1) is 6.86. The highest BCUT2D eigenvalue weighted by Gasteiger charge is 2.21. The van der Waals surface area contributed by atoms with Crippen LogP contribution < -0.4 is 10.6 Å². The van der Waals surface area contributed by atoms with Crippen LogP contribution in [-0.2, 0) is 11.3 Å². The maximum atomic E-state index is 11.6. The minimum atomic E-state index is 0. The quantitative estimate of drug-likeness (QED) is 0.847. The van der Waals surface area contributed by atoms with Gasteiger partial charge in [0.2, 0.25) is 5.91 Å². The molecule has 0 saturated carbocycles. The van der Waals surface area contributed by atoms with E-state index in [9.17, 15) is 4.79 Å². The molecule has 1 unspecified atom stereocenters. The molecule has 3 nitrogen and oxygen atoms in total. The molecule has 2 N–H and O–H groups in total. The lowest BCUT2D eigenvalue weighted by Gasteiger charge is -2.08. The van der Waals surface area contributed by atoms with Crippen LogP contribution in [0.4, 0.5) is 0 Å². The zero-order valence-corrected chi connectivity index (χ0v) is 10.00. The molecule has 2 rings (SSSR count). The monoisotopic (exact) mass is 246 g/mol. The molecule has 1 amide bonds. The van der Waals surface area contributed by atoms with Gasteiger partial charge in [0.25, 0.3) is 0 Å². The van der Waals surface area contributed by atoms with E-state index in [0.717, 1.165) is 19.5 Å². The number of hydrogen-bond donors (Lipinski definition) is 2. The van der Waals surface area contributed by atoms with Crippen molar-refractivity contribution >= 4 is 29.7 Å². The lowest BCUT2D eigenvalue weighted by atomic mass is 10.1. The third-order valence-corrected chi connectivity index (χ3v) is 3.21. The Kier molecular flexibility index (Phi) is 5.08. The van der Waals surface area contributed by atoms with Gasteiger partial charge in [-0.25, -0.2) is 0 Å². The van der Waals surface area contributed by atoms with E-state index in [1.165, 1.54) is 5.56 Å². The third kappa shape index (κ3) is 3.48. The molecule has 1 aliphatic heterocycles. The summed E-state index contributed by atoms with van der Waals surface area (Å²) in [5.41, 5.74) is 1.19. The molecule has 1 atom stereocenters. The summed E-state index contributed by atoms with van der Waals surface area (Å²) in [5.74, 6) is 0.356. The fourth-order valence-corrected chi connectivity index (χ4v) is 2.27. The Labute approximate surface area is 99.7 Å². The normalized spacial score (nSPS) is 19.6. The molecule has 0 radical (unpaired) electrons. The second kappa shape index (κ2) is 6.10. The highest BCUT2D eigenvalue weighted by Crippen LogP contribution is 2.09. The molecule has 0 bridgehead atoms. The van der Waals surface area contributed by atoms with Crippen molar-refractivity contribution in [2.45, 2.75) is 13.0 Å². The van der Waals surface area contributed by atoms with Crippen LogP contribution in [0, 0.1) is 5.92 Å². The van der Waals surface area contributed by atoms with E-state index >= 15 is 0 Å². The predicted molar refractivity (Wildman–Crippen MR) is 64.4 cm³/mol. The second-order valence-corrected chi connectivity index (χ2v) is 4.32. The van der Waals surface area contributed by atoms with Gasteiger partial charge in [0, 0.05) is 13.1 Å². The third-order valence-electron chi connectivity index (χ3n) is 2.48. The summed E-state index contributed by atoms with van der Waals surface area (Å²) in [7, 11) is 0. The summed E-state index contributed by atoms with van der Waals surface area (Å²) in [6, 6.07) is 2.04. The lowest BCUT2D eigenvalue weighted by Crippen LogP contribution is -2.31. The molecule has 1 aromatic rings. The van der Waals surface area contributed by atoms with Crippen molar-refractivity contribution in [1.29, 1.82) is 0 Å². The summed E-state index contributed by atoms with van der Waals surface area (Å²) in [5, 5.41) is 10.2. The van der Waals surface area contributed by atoms with Crippen LogP contribution in [-0.4, -0.2) is 19.0 Å². The number of carbonyl (C=O) groups excluding carboxylic acids is 1. The molecule has 1 aromatic heterocycles. The number of amides is 1. The second-order valence-electron chi connectivity index (χ2n) is 3.54. The van der Waals surface area contributed by atoms with E-state index in [-0.39, 0.29) is 24.2 Å². The van der Waals surface area contributed by atoms with Gasteiger partial charge in [-0.2, -0.15) is 11.3 Å². The van der Waals surface area contributed by atoms with Gasteiger partial charge in [0.15, 0.2) is 0 Å². The molecule has 2 heterocycles. The molecule has 15 heavy (non-hydrogen) atoms. The molecule has 0 aromatic carbocycles. The maximum Gasteiger partial charge on any atom is 0.224 e. The summed E-state index contributed by atoms with van der Waals surface area (Å²) in [4.78, 5) is 11.6. The maximum absolute atomic E-state index is 11.6. The summed E-state index contributed by atoms with van der Waals surface area (Å²) in [6.07, 6.45) is 0.968. The first-order valence-corrected chi connectivity index (χ1v) is 5.80. The van der Waals surface area contributed by atoms with Crippen LogP contribution in [0.2, 0.25) is 0 Å². The summed E-state index contributed by atoms with van der Waals surface area (Å²) >= 11 is 1.66. The Morgan fingerprint density at radius 2 is 2.53 bits per heavy atom. The van der Waals surface area contributed by atoms with Crippen molar-refractivity contribution in [3.05, 3.63) is 22.4 Å². The number of halogens is 1. The van der Waals surface area contributed by atoms with Crippen LogP contribution in [0.15, 0.2) is 16.8 Å². The number of hydrogen-bond acceptors (Lipinski definition) is 3. The zero-order chi connectivity index (χ0) is 9.80. The van der Waals surface area contributed by atoms with Crippen LogP contribution in [0.25, 0.3) is 0 Å². The average molecular weight is 247 g/mol. The van der Waals surface area contributed by atoms with Crippen LogP contribution >= 0.6 is 23.7 Å². The largest absolute Gasteiger partial charge is 0.352 e. The number of carbonyl (C=O) groups is 1. The predicted octanol–water partition coefficient (Wildman–Crippen LogP) is 1.40. The van der Waals surface area contributed by atoms with Crippen molar-refractivity contribution in [1.82, 2.24) is 10.6 Å². The molecular formula is C10H15ClN2OS. The van der Waals surface area contributed by atoms with Crippen LogP contribution in [0.1, 0.15) is 12.0 Å². The summed E-state index contributed by atoms with van der Waals surface area (Å²) in [6.45, 7) is 2.46. The number of rotatable bonds is 3. The minimum Gasteiger partial charge on any atom is -0.352 e.